The van der Waals surface area contributed by atoms with Gasteiger partial charge in [-0.3, -0.25) is 0 Å². The van der Waals surface area contributed by atoms with E-state index in [1.807, 2.05) is 25.4 Å². The molecule has 0 spiro atoms. The van der Waals surface area contributed by atoms with E-state index >= 15 is 0 Å². The largest absolute Gasteiger partial charge is 0.343 e. The van der Waals surface area contributed by atoms with Gasteiger partial charge in [0.2, 0.25) is 0 Å². The molecule has 1 heterocycles. The van der Waals surface area contributed by atoms with Crippen molar-refractivity contribution in [1.82, 2.24) is 4.57 Å². The number of rotatable bonds is 0. The Balaban J connectivity index is 0.000000640. The molecule has 9 heavy (non-hydrogen) atoms. The van der Waals surface area contributed by atoms with Crippen LogP contribution in [0.25, 0.3) is 0 Å². The molecule has 0 aliphatic carbocycles. The van der Waals surface area contributed by atoms with Gasteiger partial charge in [0.15, 0.2) is 0 Å². The molecule has 0 N–H and O–H groups in total. The molecule has 0 aromatic carbocycles. The van der Waals surface area contributed by atoms with E-state index in [1.165, 1.54) is 0 Å². The molecule has 2 nitrogen and oxygen atoms in total. The summed E-state index contributed by atoms with van der Waals surface area (Å²) in [7, 11) is 1.85. The summed E-state index contributed by atoms with van der Waals surface area (Å²) in [6, 6.07) is 5.66. The Labute approximate surface area is 96.9 Å². The second-order valence-corrected chi connectivity index (χ2v) is 1.62. The first kappa shape index (κ1) is 9.41. The molecule has 0 saturated heterocycles. The van der Waals surface area contributed by atoms with Gasteiger partial charge >= 0.3 is 0 Å². The third-order valence-corrected chi connectivity index (χ3v) is 1.06. The van der Waals surface area contributed by atoms with E-state index < -0.39 is 0 Å². The summed E-state index contributed by atoms with van der Waals surface area (Å²) in [5, 5.41) is 8.34. The Morgan fingerprint density at radius 3 is 2.56 bits per heavy atom. The predicted octanol–water partition coefficient (Wildman–Crippen LogP) is 0.516. The van der Waals surface area contributed by atoms with Crippen LogP contribution in [0.3, 0.4) is 0 Å². The van der Waals surface area contributed by atoms with Crippen molar-refractivity contribution in [2.75, 3.05) is 0 Å². The molecule has 0 unspecified atom stereocenters. The summed E-state index contributed by atoms with van der Waals surface area (Å²) in [6.45, 7) is 0. The van der Waals surface area contributed by atoms with E-state index in [0.717, 1.165) is 0 Å². The number of nitrogens with zero attached hydrogens (tertiary/aromatic N) is 2. The van der Waals surface area contributed by atoms with Gasteiger partial charge < -0.3 is 4.57 Å². The van der Waals surface area contributed by atoms with Crippen molar-refractivity contribution >= 4 is 51.4 Å². The van der Waals surface area contributed by atoms with Gasteiger partial charge in [0.1, 0.15) is 11.8 Å². The fraction of sp³-hybridized carbons (Fsp3) is 0.167. The minimum atomic E-state index is 0. The molecule has 0 aliphatic rings. The third-order valence-electron chi connectivity index (χ3n) is 1.06. The SMILES string of the molecule is Cn1cccc1C#N.[K]. The van der Waals surface area contributed by atoms with Gasteiger partial charge in [0, 0.05) is 64.6 Å². The zero-order valence-corrected chi connectivity index (χ0v) is 8.75. The molecule has 3 heteroatoms. The van der Waals surface area contributed by atoms with Crippen molar-refractivity contribution in [2.45, 2.75) is 0 Å². The minimum Gasteiger partial charge on any atom is -0.343 e. The average molecular weight is 145 g/mol. The monoisotopic (exact) mass is 145 g/mol. The quantitative estimate of drug-likeness (QED) is 0.489. The number of hydrogen-bond donors (Lipinski definition) is 0. The van der Waals surface area contributed by atoms with Crippen molar-refractivity contribution in [3.8, 4) is 6.07 Å². The molecular formula is C6H6KN2. The summed E-state index contributed by atoms with van der Waals surface area (Å²) >= 11 is 0. The molecule has 41 valence electrons. The molecular weight excluding hydrogens is 139 g/mol. The van der Waals surface area contributed by atoms with E-state index in [4.69, 9.17) is 5.26 Å². The summed E-state index contributed by atoms with van der Waals surface area (Å²) in [4.78, 5) is 0. The Kier molecular flexibility index (Phi) is 4.45. The van der Waals surface area contributed by atoms with Crippen LogP contribution in [0.5, 0.6) is 0 Å². The van der Waals surface area contributed by atoms with Gasteiger partial charge in [-0.05, 0) is 12.1 Å². The number of nitriles is 1. The Bertz CT molecular complexity index is 221. The number of aryl methyl sites for hydroxylation is 1. The molecule has 0 fully saturated rings. The molecule has 0 saturated carbocycles. The van der Waals surface area contributed by atoms with Crippen LogP contribution in [0.2, 0.25) is 0 Å². The van der Waals surface area contributed by atoms with Crippen molar-refractivity contribution in [2.24, 2.45) is 7.05 Å². The molecule has 1 rings (SSSR count). The van der Waals surface area contributed by atoms with Crippen LogP contribution in [0, 0.1) is 11.3 Å². The van der Waals surface area contributed by atoms with E-state index in [0.29, 0.717) is 5.69 Å². The maximum absolute atomic E-state index is 8.34. The summed E-state index contributed by atoms with van der Waals surface area (Å²) in [5.74, 6) is 0. The van der Waals surface area contributed by atoms with Gasteiger partial charge in [-0.1, -0.05) is 0 Å². The maximum atomic E-state index is 8.34. The van der Waals surface area contributed by atoms with Crippen molar-refractivity contribution < 1.29 is 0 Å². The zero-order valence-electron chi connectivity index (χ0n) is 5.63. The first-order valence-electron chi connectivity index (χ1n) is 2.36. The van der Waals surface area contributed by atoms with Gasteiger partial charge in [0.05, 0.1) is 0 Å². The van der Waals surface area contributed by atoms with Gasteiger partial charge in [-0.15, -0.1) is 0 Å². The Morgan fingerprint density at radius 2 is 2.33 bits per heavy atom. The van der Waals surface area contributed by atoms with E-state index in [1.54, 1.807) is 10.6 Å². The molecule has 1 aromatic rings. The van der Waals surface area contributed by atoms with Crippen LogP contribution in [-0.2, 0) is 7.05 Å². The van der Waals surface area contributed by atoms with Crippen molar-refractivity contribution in [1.29, 1.82) is 5.26 Å². The van der Waals surface area contributed by atoms with Crippen molar-refractivity contribution in [3.63, 3.8) is 0 Å². The smallest absolute Gasteiger partial charge is 0.119 e. The van der Waals surface area contributed by atoms with E-state index in [-0.39, 0.29) is 51.4 Å². The molecule has 0 amide bonds. The second kappa shape index (κ2) is 4.26. The summed E-state index contributed by atoms with van der Waals surface area (Å²) in [5.41, 5.74) is 0.699. The van der Waals surface area contributed by atoms with Crippen LogP contribution < -0.4 is 0 Å². The van der Waals surface area contributed by atoms with E-state index in [2.05, 4.69) is 0 Å². The van der Waals surface area contributed by atoms with Crippen LogP contribution >= 0.6 is 0 Å². The number of aromatic nitrogens is 1. The summed E-state index contributed by atoms with van der Waals surface area (Å²) in [6.07, 6.45) is 1.85. The van der Waals surface area contributed by atoms with Crippen LogP contribution in [-0.4, -0.2) is 56.0 Å². The van der Waals surface area contributed by atoms with Gasteiger partial charge in [-0.2, -0.15) is 5.26 Å². The Morgan fingerprint density at radius 1 is 1.67 bits per heavy atom. The standard InChI is InChI=1S/C6H6N2.K/c1-8-4-2-3-6(8)5-7;/h2-4H,1H3;. The van der Waals surface area contributed by atoms with Crippen LogP contribution in [0.15, 0.2) is 18.3 Å². The van der Waals surface area contributed by atoms with E-state index in [9.17, 15) is 0 Å². The maximum Gasteiger partial charge on any atom is 0.119 e. The van der Waals surface area contributed by atoms with Gasteiger partial charge in [0.25, 0.3) is 0 Å². The first-order valence-corrected chi connectivity index (χ1v) is 2.36. The molecule has 1 radical (unpaired) electrons. The second-order valence-electron chi connectivity index (χ2n) is 1.62. The molecule has 0 atom stereocenters. The van der Waals surface area contributed by atoms with Crippen LogP contribution in [0.1, 0.15) is 5.69 Å². The Hall–Kier alpha value is 0.406. The minimum absolute atomic E-state index is 0. The predicted molar refractivity (Wildman–Crippen MR) is 35.9 cm³/mol. The average Bonchev–Trinajstić information content (AvgIpc) is 2.14. The molecule has 0 aliphatic heterocycles. The topological polar surface area (TPSA) is 28.7 Å². The fourth-order valence-corrected chi connectivity index (χ4v) is 0.577. The van der Waals surface area contributed by atoms with Crippen molar-refractivity contribution in [3.05, 3.63) is 24.0 Å². The third kappa shape index (κ3) is 2.24. The summed E-state index contributed by atoms with van der Waals surface area (Å²) < 4.78 is 1.78. The number of hydrogen-bond acceptors (Lipinski definition) is 1. The molecule has 1 aromatic heterocycles. The normalized spacial score (nSPS) is 7.56. The van der Waals surface area contributed by atoms with Gasteiger partial charge in [-0.25, -0.2) is 0 Å². The fourth-order valence-electron chi connectivity index (χ4n) is 0.577. The van der Waals surface area contributed by atoms with Crippen LogP contribution in [0.4, 0.5) is 0 Å². The zero-order chi connectivity index (χ0) is 5.98. The molecule has 0 bridgehead atoms. The first-order chi connectivity index (χ1) is 3.84.